The summed E-state index contributed by atoms with van der Waals surface area (Å²) < 4.78 is 6.89. The van der Waals surface area contributed by atoms with E-state index in [4.69, 9.17) is 4.74 Å². The third-order valence-electron chi connectivity index (χ3n) is 2.72. The molecule has 1 N–H and O–H groups in total. The zero-order valence-corrected chi connectivity index (χ0v) is 14.4. The zero-order chi connectivity index (χ0) is 14.7. The number of ether oxygens (including phenoxy) is 1. The van der Waals surface area contributed by atoms with Gasteiger partial charge < -0.3 is 10.1 Å². The van der Waals surface area contributed by atoms with Crippen LogP contribution in [0.4, 0.5) is 0 Å². The highest BCUT2D eigenvalue weighted by Gasteiger charge is 2.09. The number of benzene rings is 1. The van der Waals surface area contributed by atoms with Crippen molar-refractivity contribution in [2.75, 3.05) is 0 Å². The average Bonchev–Trinajstić information content (AvgIpc) is 2.81. The third-order valence-corrected chi connectivity index (χ3v) is 4.78. The van der Waals surface area contributed by atoms with Gasteiger partial charge >= 0.3 is 0 Å². The number of halogens is 1. The molecule has 2 rings (SSSR count). The predicted octanol–water partition coefficient (Wildman–Crippen LogP) is 4.21. The largest absolute Gasteiger partial charge is 0.430 e. The van der Waals surface area contributed by atoms with Crippen molar-refractivity contribution < 1.29 is 4.74 Å². The predicted molar refractivity (Wildman–Crippen MR) is 85.6 cm³/mol. The number of nitrogens with zero attached hydrogens (tertiary/aromatic N) is 2. The second-order valence-electron chi connectivity index (χ2n) is 4.97. The molecule has 6 heteroatoms. The van der Waals surface area contributed by atoms with E-state index in [-0.39, 0.29) is 0 Å². The SMILES string of the molecule is Cc1cc(Oc2nnc(CNC(C)C)s2)cc(C)c1Br. The summed E-state index contributed by atoms with van der Waals surface area (Å²) in [6, 6.07) is 4.41. The summed E-state index contributed by atoms with van der Waals surface area (Å²) in [4.78, 5) is 0. The van der Waals surface area contributed by atoms with Gasteiger partial charge in [-0.15, -0.1) is 5.10 Å². The van der Waals surface area contributed by atoms with Gasteiger partial charge in [-0.2, -0.15) is 0 Å². The molecule has 20 heavy (non-hydrogen) atoms. The van der Waals surface area contributed by atoms with Crippen LogP contribution in [-0.4, -0.2) is 16.2 Å². The minimum atomic E-state index is 0.431. The lowest BCUT2D eigenvalue weighted by Gasteiger charge is -2.07. The molecule has 0 unspecified atom stereocenters. The summed E-state index contributed by atoms with van der Waals surface area (Å²) in [5, 5.41) is 13.0. The maximum Gasteiger partial charge on any atom is 0.299 e. The molecule has 1 aromatic carbocycles. The van der Waals surface area contributed by atoms with E-state index in [1.54, 1.807) is 0 Å². The van der Waals surface area contributed by atoms with E-state index in [1.807, 2.05) is 26.0 Å². The highest BCUT2D eigenvalue weighted by molar-refractivity contribution is 9.10. The second-order valence-corrected chi connectivity index (χ2v) is 6.79. The first-order valence-corrected chi connectivity index (χ1v) is 8.07. The standard InChI is InChI=1S/C14H18BrN3OS/c1-8(2)16-7-12-17-18-14(20-12)19-11-5-9(3)13(15)10(4)6-11/h5-6,8,16H,7H2,1-4H3. The van der Waals surface area contributed by atoms with Gasteiger partial charge in [0.05, 0.1) is 6.54 Å². The topological polar surface area (TPSA) is 47.0 Å². The van der Waals surface area contributed by atoms with E-state index in [1.165, 1.54) is 11.3 Å². The Kier molecular flexibility index (Phi) is 5.12. The quantitative estimate of drug-likeness (QED) is 0.872. The maximum absolute atomic E-state index is 5.78. The minimum absolute atomic E-state index is 0.431. The Balaban J connectivity index is 2.07. The number of hydrogen-bond donors (Lipinski definition) is 1. The lowest BCUT2D eigenvalue weighted by Crippen LogP contribution is -2.21. The highest BCUT2D eigenvalue weighted by Crippen LogP contribution is 2.30. The molecular formula is C14H18BrN3OS. The molecule has 2 aromatic rings. The van der Waals surface area contributed by atoms with E-state index >= 15 is 0 Å². The van der Waals surface area contributed by atoms with Crippen molar-refractivity contribution in [2.45, 2.75) is 40.3 Å². The number of rotatable bonds is 5. The molecule has 0 saturated carbocycles. The normalized spacial score (nSPS) is 11.1. The summed E-state index contributed by atoms with van der Waals surface area (Å²) in [5.74, 6) is 0.794. The van der Waals surface area contributed by atoms with E-state index in [2.05, 4.69) is 45.3 Å². The molecule has 0 amide bonds. The van der Waals surface area contributed by atoms with Crippen molar-refractivity contribution in [2.24, 2.45) is 0 Å². The van der Waals surface area contributed by atoms with Gasteiger partial charge in [-0.05, 0) is 37.1 Å². The van der Waals surface area contributed by atoms with Gasteiger partial charge in [-0.1, -0.05) is 46.2 Å². The van der Waals surface area contributed by atoms with E-state index < -0.39 is 0 Å². The van der Waals surface area contributed by atoms with Crippen LogP contribution in [0.15, 0.2) is 16.6 Å². The average molecular weight is 356 g/mol. The lowest BCUT2D eigenvalue weighted by atomic mass is 10.1. The van der Waals surface area contributed by atoms with Crippen molar-refractivity contribution >= 4 is 27.3 Å². The second kappa shape index (κ2) is 6.65. The summed E-state index contributed by atoms with van der Waals surface area (Å²) in [6.07, 6.45) is 0. The number of hydrogen-bond acceptors (Lipinski definition) is 5. The van der Waals surface area contributed by atoms with Crippen LogP contribution in [0.25, 0.3) is 0 Å². The molecule has 0 atom stereocenters. The molecule has 0 aliphatic heterocycles. The van der Waals surface area contributed by atoms with Gasteiger partial charge in [0.15, 0.2) is 0 Å². The fourth-order valence-corrected chi connectivity index (χ4v) is 2.60. The fraction of sp³-hybridized carbons (Fsp3) is 0.429. The van der Waals surface area contributed by atoms with Crippen LogP contribution < -0.4 is 10.1 Å². The van der Waals surface area contributed by atoms with Gasteiger partial charge in [0.25, 0.3) is 5.19 Å². The van der Waals surface area contributed by atoms with Gasteiger partial charge in [0.2, 0.25) is 0 Å². The monoisotopic (exact) mass is 355 g/mol. The molecule has 0 saturated heterocycles. The van der Waals surface area contributed by atoms with Gasteiger partial charge in [-0.3, -0.25) is 0 Å². The first-order valence-electron chi connectivity index (χ1n) is 6.46. The van der Waals surface area contributed by atoms with Crippen LogP contribution in [0.3, 0.4) is 0 Å². The molecule has 4 nitrogen and oxygen atoms in total. The first kappa shape index (κ1) is 15.4. The Morgan fingerprint density at radius 2 is 1.90 bits per heavy atom. The molecule has 0 spiro atoms. The number of aromatic nitrogens is 2. The van der Waals surface area contributed by atoms with Crippen LogP contribution in [-0.2, 0) is 6.54 Å². The molecule has 0 fully saturated rings. The summed E-state index contributed by atoms with van der Waals surface area (Å²) in [5.41, 5.74) is 2.29. The Labute approximate surface area is 131 Å². The third kappa shape index (κ3) is 4.01. The summed E-state index contributed by atoms with van der Waals surface area (Å²) in [7, 11) is 0. The Morgan fingerprint density at radius 3 is 2.50 bits per heavy atom. The van der Waals surface area contributed by atoms with Gasteiger partial charge in [0.1, 0.15) is 10.8 Å². The van der Waals surface area contributed by atoms with Crippen molar-refractivity contribution in [1.82, 2.24) is 15.5 Å². The molecule has 0 radical (unpaired) electrons. The molecule has 0 bridgehead atoms. The fourth-order valence-electron chi connectivity index (χ4n) is 1.71. The zero-order valence-electron chi connectivity index (χ0n) is 12.0. The molecule has 0 aliphatic rings. The van der Waals surface area contributed by atoms with Crippen molar-refractivity contribution in [3.05, 3.63) is 32.7 Å². The van der Waals surface area contributed by atoms with Crippen molar-refractivity contribution in [1.29, 1.82) is 0 Å². The lowest BCUT2D eigenvalue weighted by molar-refractivity contribution is 0.472. The van der Waals surface area contributed by atoms with Crippen LogP contribution >= 0.6 is 27.3 Å². The number of nitrogens with one attached hydrogen (secondary N) is 1. The van der Waals surface area contributed by atoms with E-state index in [0.29, 0.717) is 11.2 Å². The first-order chi connectivity index (χ1) is 9.45. The molecular weight excluding hydrogens is 338 g/mol. The summed E-state index contributed by atoms with van der Waals surface area (Å²) >= 11 is 5.01. The molecule has 1 aromatic heterocycles. The van der Waals surface area contributed by atoms with Gasteiger partial charge in [0, 0.05) is 10.5 Å². The van der Waals surface area contributed by atoms with Crippen LogP contribution in [0.2, 0.25) is 0 Å². The molecule has 1 heterocycles. The smallest absolute Gasteiger partial charge is 0.299 e. The summed E-state index contributed by atoms with van der Waals surface area (Å²) in [6.45, 7) is 9.01. The molecule has 0 aliphatic carbocycles. The van der Waals surface area contributed by atoms with Crippen molar-refractivity contribution in [3.63, 3.8) is 0 Å². The van der Waals surface area contributed by atoms with Crippen LogP contribution in [0.1, 0.15) is 30.0 Å². The highest BCUT2D eigenvalue weighted by atomic mass is 79.9. The minimum Gasteiger partial charge on any atom is -0.430 e. The maximum atomic E-state index is 5.78. The Hall–Kier alpha value is -0.980. The van der Waals surface area contributed by atoms with Crippen LogP contribution in [0, 0.1) is 13.8 Å². The number of aryl methyl sites for hydroxylation is 2. The van der Waals surface area contributed by atoms with Crippen LogP contribution in [0.5, 0.6) is 10.9 Å². The van der Waals surface area contributed by atoms with Crippen molar-refractivity contribution in [3.8, 4) is 10.9 Å². The Bertz CT molecular complexity index is 575. The van der Waals surface area contributed by atoms with E-state index in [9.17, 15) is 0 Å². The van der Waals surface area contributed by atoms with E-state index in [0.717, 1.165) is 32.9 Å². The Morgan fingerprint density at radius 1 is 1.25 bits per heavy atom. The van der Waals surface area contributed by atoms with Gasteiger partial charge in [-0.25, -0.2) is 0 Å². The molecule has 108 valence electrons.